The van der Waals surface area contributed by atoms with Gasteiger partial charge in [-0.2, -0.15) is 0 Å². The Morgan fingerprint density at radius 3 is 2.71 bits per heavy atom. The van der Waals surface area contributed by atoms with Gasteiger partial charge in [-0.05, 0) is 31.5 Å². The van der Waals surface area contributed by atoms with E-state index in [1.54, 1.807) is 17.8 Å². The van der Waals surface area contributed by atoms with E-state index < -0.39 is 10.3 Å². The highest BCUT2D eigenvalue weighted by molar-refractivity contribution is 8.00. The van der Waals surface area contributed by atoms with Crippen molar-refractivity contribution in [3.05, 3.63) is 70.2 Å². The van der Waals surface area contributed by atoms with Gasteiger partial charge in [0.25, 0.3) is 0 Å². The zero-order valence-electron chi connectivity index (χ0n) is 15.9. The Morgan fingerprint density at radius 1 is 1.21 bits per heavy atom. The Labute approximate surface area is 174 Å². The molecule has 0 aliphatic carbocycles. The number of likely N-dealkylation sites (tertiary alicyclic amines) is 1. The van der Waals surface area contributed by atoms with Gasteiger partial charge in [0.05, 0.1) is 16.9 Å². The van der Waals surface area contributed by atoms with Gasteiger partial charge in [-0.1, -0.05) is 48.0 Å². The van der Waals surface area contributed by atoms with E-state index in [4.69, 9.17) is 16.3 Å². The van der Waals surface area contributed by atoms with Crippen LogP contribution in [0.1, 0.15) is 41.8 Å². The molecule has 1 amide bonds. The molecule has 2 aliphatic rings. The molecule has 6 heteroatoms. The minimum absolute atomic E-state index is 0.0573. The van der Waals surface area contributed by atoms with Crippen molar-refractivity contribution in [2.75, 3.05) is 13.1 Å². The summed E-state index contributed by atoms with van der Waals surface area (Å²) >= 11 is 7.82. The molecule has 1 saturated heterocycles. The van der Waals surface area contributed by atoms with Crippen molar-refractivity contribution in [3.8, 4) is 0 Å². The summed E-state index contributed by atoms with van der Waals surface area (Å²) in [6.07, 6.45) is 0.632. The molecule has 1 atom stereocenters. The quantitative estimate of drug-likeness (QED) is 0.682. The predicted octanol–water partition coefficient (Wildman–Crippen LogP) is 4.65. The Morgan fingerprint density at radius 2 is 1.93 bits per heavy atom. The number of hydrogen-bond donors (Lipinski definition) is 0. The van der Waals surface area contributed by atoms with Crippen LogP contribution in [0.4, 0.5) is 0 Å². The second kappa shape index (κ2) is 7.12. The van der Waals surface area contributed by atoms with Gasteiger partial charge in [0.2, 0.25) is 5.91 Å². The van der Waals surface area contributed by atoms with Crippen molar-refractivity contribution in [1.82, 2.24) is 4.90 Å². The van der Waals surface area contributed by atoms with Crippen LogP contribution in [0.25, 0.3) is 0 Å². The molecular formula is C22H22ClNO3S. The number of nitrogens with zero attached hydrogens (tertiary/aromatic N) is 1. The standard InChI is InChI=1S/C22H22ClNO3S/c1-21(2,28-13-15-7-3-6-10-18(15)23)20(26)24-12-11-22(14-24)17-9-5-4-8-16(17)19(25)27-22/h3-10H,11-14H2,1-2H3/t22-/m0/s1. The molecule has 0 radical (unpaired) electrons. The number of amides is 1. The molecule has 0 bridgehead atoms. The molecule has 2 heterocycles. The summed E-state index contributed by atoms with van der Waals surface area (Å²) < 4.78 is 5.16. The van der Waals surface area contributed by atoms with Crippen LogP contribution in [-0.2, 0) is 20.9 Å². The summed E-state index contributed by atoms with van der Waals surface area (Å²) in [5.41, 5.74) is 1.83. The number of esters is 1. The van der Waals surface area contributed by atoms with E-state index in [0.717, 1.165) is 11.1 Å². The number of rotatable bonds is 4. The highest BCUT2D eigenvalue weighted by atomic mass is 35.5. The number of ether oxygens (including phenoxy) is 1. The number of fused-ring (bicyclic) bond motifs is 2. The van der Waals surface area contributed by atoms with Crippen LogP contribution >= 0.6 is 23.4 Å². The Bertz CT molecular complexity index is 945. The molecule has 0 N–H and O–H groups in total. The van der Waals surface area contributed by atoms with E-state index in [-0.39, 0.29) is 11.9 Å². The van der Waals surface area contributed by atoms with Gasteiger partial charge in [0.1, 0.15) is 0 Å². The lowest BCUT2D eigenvalue weighted by Gasteiger charge is -2.30. The molecule has 1 fully saturated rings. The van der Waals surface area contributed by atoms with E-state index in [1.165, 1.54) is 0 Å². The first-order valence-corrected chi connectivity index (χ1v) is 10.7. The van der Waals surface area contributed by atoms with E-state index in [0.29, 0.717) is 35.8 Å². The van der Waals surface area contributed by atoms with Gasteiger partial charge in [-0.15, -0.1) is 11.8 Å². The number of benzene rings is 2. The second-order valence-corrected chi connectivity index (χ2v) is 9.80. The average molecular weight is 416 g/mol. The summed E-state index contributed by atoms with van der Waals surface area (Å²) in [7, 11) is 0. The van der Waals surface area contributed by atoms with Crippen LogP contribution in [0.2, 0.25) is 5.02 Å². The molecule has 1 spiro atoms. The zero-order valence-corrected chi connectivity index (χ0v) is 17.5. The monoisotopic (exact) mass is 415 g/mol. The van der Waals surface area contributed by atoms with Crippen molar-refractivity contribution in [2.45, 2.75) is 36.4 Å². The summed E-state index contributed by atoms with van der Waals surface area (Å²) in [4.78, 5) is 27.3. The van der Waals surface area contributed by atoms with Gasteiger partial charge in [0.15, 0.2) is 5.60 Å². The summed E-state index contributed by atoms with van der Waals surface area (Å²) in [6, 6.07) is 15.2. The highest BCUT2D eigenvalue weighted by Gasteiger charge is 2.52. The summed E-state index contributed by atoms with van der Waals surface area (Å²) in [5, 5.41) is 0.716. The topological polar surface area (TPSA) is 46.6 Å². The molecule has 2 aromatic carbocycles. The molecule has 2 aromatic rings. The molecule has 2 aliphatic heterocycles. The summed E-state index contributed by atoms with van der Waals surface area (Å²) in [5.74, 6) is 0.425. The molecule has 28 heavy (non-hydrogen) atoms. The third-order valence-corrected chi connectivity index (χ3v) is 7.23. The van der Waals surface area contributed by atoms with Crippen molar-refractivity contribution in [2.24, 2.45) is 0 Å². The number of hydrogen-bond acceptors (Lipinski definition) is 4. The SMILES string of the molecule is CC(C)(SCc1ccccc1Cl)C(=O)N1CC[C@@]2(C1)OC(=O)c1ccccc12. The maximum atomic E-state index is 13.2. The minimum atomic E-state index is -0.702. The zero-order chi connectivity index (χ0) is 19.9. The Balaban J connectivity index is 1.47. The Hall–Kier alpha value is -1.98. The van der Waals surface area contributed by atoms with E-state index in [1.807, 2.05) is 61.2 Å². The first-order chi connectivity index (χ1) is 13.3. The molecule has 4 nitrogen and oxygen atoms in total. The number of carbonyl (C=O) groups excluding carboxylic acids is 2. The minimum Gasteiger partial charge on any atom is -0.449 e. The maximum absolute atomic E-state index is 13.2. The molecule has 146 valence electrons. The fourth-order valence-corrected chi connectivity index (χ4v) is 5.22. The second-order valence-electron chi connectivity index (χ2n) is 7.80. The van der Waals surface area contributed by atoms with Crippen molar-refractivity contribution >= 4 is 35.2 Å². The van der Waals surface area contributed by atoms with Crippen LogP contribution in [0.15, 0.2) is 48.5 Å². The van der Waals surface area contributed by atoms with Gasteiger partial charge in [-0.25, -0.2) is 4.79 Å². The predicted molar refractivity (Wildman–Crippen MR) is 112 cm³/mol. The van der Waals surface area contributed by atoms with Gasteiger partial charge in [-0.3, -0.25) is 4.79 Å². The van der Waals surface area contributed by atoms with Crippen molar-refractivity contribution < 1.29 is 14.3 Å². The lowest BCUT2D eigenvalue weighted by Crippen LogP contribution is -2.44. The van der Waals surface area contributed by atoms with Crippen molar-refractivity contribution in [1.29, 1.82) is 0 Å². The molecule has 0 saturated carbocycles. The van der Waals surface area contributed by atoms with E-state index in [2.05, 4.69) is 0 Å². The van der Waals surface area contributed by atoms with Gasteiger partial charge < -0.3 is 9.64 Å². The highest BCUT2D eigenvalue weighted by Crippen LogP contribution is 2.44. The fraction of sp³-hybridized carbons (Fsp3) is 0.364. The first kappa shape index (κ1) is 19.3. The van der Waals surface area contributed by atoms with E-state index in [9.17, 15) is 9.59 Å². The van der Waals surface area contributed by atoms with Crippen LogP contribution in [0.3, 0.4) is 0 Å². The number of carbonyl (C=O) groups is 2. The lowest BCUT2D eigenvalue weighted by molar-refractivity contribution is -0.133. The van der Waals surface area contributed by atoms with Gasteiger partial charge >= 0.3 is 5.97 Å². The smallest absolute Gasteiger partial charge is 0.339 e. The van der Waals surface area contributed by atoms with E-state index >= 15 is 0 Å². The summed E-state index contributed by atoms with van der Waals surface area (Å²) in [6.45, 7) is 4.87. The van der Waals surface area contributed by atoms with Crippen LogP contribution in [0, 0.1) is 0 Å². The average Bonchev–Trinajstić information content (AvgIpc) is 3.23. The van der Waals surface area contributed by atoms with Crippen LogP contribution in [-0.4, -0.2) is 34.6 Å². The third-order valence-electron chi connectivity index (χ3n) is 5.51. The largest absolute Gasteiger partial charge is 0.449 e. The molecule has 0 unspecified atom stereocenters. The first-order valence-electron chi connectivity index (χ1n) is 9.32. The molecular weight excluding hydrogens is 394 g/mol. The number of thioether (sulfide) groups is 1. The number of halogens is 1. The molecule has 4 rings (SSSR count). The third kappa shape index (κ3) is 3.31. The fourth-order valence-electron chi connectivity index (χ4n) is 3.92. The lowest BCUT2D eigenvalue weighted by atomic mass is 9.91. The maximum Gasteiger partial charge on any atom is 0.339 e. The normalized spacial score (nSPS) is 21.1. The van der Waals surface area contributed by atoms with Crippen LogP contribution in [0.5, 0.6) is 0 Å². The molecule has 0 aromatic heterocycles. The van der Waals surface area contributed by atoms with Crippen molar-refractivity contribution in [3.63, 3.8) is 0 Å². The van der Waals surface area contributed by atoms with Crippen LogP contribution < -0.4 is 0 Å². The Kier molecular flexibility index (Phi) is 4.92. The van der Waals surface area contributed by atoms with Gasteiger partial charge in [0, 0.05) is 29.3 Å².